The smallest absolute Gasteiger partial charge is 0.323 e. The average Bonchev–Trinajstić information content (AvgIpc) is 2.36. The zero-order valence-electron chi connectivity index (χ0n) is 10.3. The van der Waals surface area contributed by atoms with Gasteiger partial charge in [-0.15, -0.1) is 0 Å². The summed E-state index contributed by atoms with van der Waals surface area (Å²) in [6.45, 7) is 1.86. The Hall–Kier alpha value is -1.00. The average molecular weight is 253 g/mol. The van der Waals surface area contributed by atoms with E-state index in [0.29, 0.717) is 6.42 Å². The lowest BCUT2D eigenvalue weighted by Gasteiger charge is -2.16. The maximum atomic E-state index is 11.7. The molecule has 1 aromatic carbocycles. The van der Waals surface area contributed by atoms with Crippen molar-refractivity contribution in [2.45, 2.75) is 25.5 Å². The molecule has 0 fully saturated rings. The summed E-state index contributed by atoms with van der Waals surface area (Å²) in [5.74, 6) is 0.547. The van der Waals surface area contributed by atoms with E-state index in [-0.39, 0.29) is 12.1 Å². The Morgan fingerprint density at radius 1 is 1.41 bits per heavy atom. The Labute approximate surface area is 107 Å². The zero-order valence-corrected chi connectivity index (χ0v) is 11.1. The fourth-order valence-electron chi connectivity index (χ4n) is 1.42. The second-order valence-corrected chi connectivity index (χ2v) is 4.86. The van der Waals surface area contributed by atoms with Crippen LogP contribution in [0.2, 0.25) is 0 Å². The third-order valence-corrected chi connectivity index (χ3v) is 3.14. The number of thioether (sulfide) groups is 1. The van der Waals surface area contributed by atoms with Crippen LogP contribution in [-0.4, -0.2) is 24.0 Å². The van der Waals surface area contributed by atoms with Crippen molar-refractivity contribution in [3.05, 3.63) is 35.9 Å². The van der Waals surface area contributed by atoms with Gasteiger partial charge in [-0.1, -0.05) is 30.3 Å². The van der Waals surface area contributed by atoms with Crippen molar-refractivity contribution in [1.82, 2.24) is 0 Å². The lowest BCUT2D eigenvalue weighted by molar-refractivity contribution is -0.150. The van der Waals surface area contributed by atoms with E-state index < -0.39 is 6.04 Å². The largest absolute Gasteiger partial charge is 0.457 e. The van der Waals surface area contributed by atoms with Crippen molar-refractivity contribution in [1.29, 1.82) is 0 Å². The molecule has 0 aromatic heterocycles. The second kappa shape index (κ2) is 7.35. The van der Waals surface area contributed by atoms with Crippen LogP contribution < -0.4 is 5.73 Å². The molecule has 0 radical (unpaired) electrons. The lowest BCUT2D eigenvalue weighted by atomic mass is 10.1. The molecule has 2 N–H and O–H groups in total. The molecule has 94 valence electrons. The van der Waals surface area contributed by atoms with Gasteiger partial charge in [0, 0.05) is 0 Å². The summed E-state index contributed by atoms with van der Waals surface area (Å²) in [4.78, 5) is 11.7. The Morgan fingerprint density at radius 3 is 2.65 bits per heavy atom. The Balaban J connectivity index is 2.46. The van der Waals surface area contributed by atoms with Gasteiger partial charge in [0.25, 0.3) is 0 Å². The van der Waals surface area contributed by atoms with Crippen LogP contribution in [0.25, 0.3) is 0 Å². The van der Waals surface area contributed by atoms with E-state index in [9.17, 15) is 4.79 Å². The monoisotopic (exact) mass is 253 g/mol. The van der Waals surface area contributed by atoms with Crippen LogP contribution in [0.3, 0.4) is 0 Å². The summed E-state index contributed by atoms with van der Waals surface area (Å²) in [6.07, 6.45) is 2.40. The molecule has 2 atom stereocenters. The second-order valence-electron chi connectivity index (χ2n) is 3.88. The highest BCUT2D eigenvalue weighted by molar-refractivity contribution is 7.98. The minimum Gasteiger partial charge on any atom is -0.457 e. The third kappa shape index (κ3) is 4.79. The third-order valence-electron chi connectivity index (χ3n) is 2.50. The van der Waals surface area contributed by atoms with Crippen LogP contribution in [0.4, 0.5) is 0 Å². The molecule has 1 rings (SSSR count). The Bertz CT molecular complexity index is 343. The predicted octanol–water partition coefficient (Wildman–Crippen LogP) is 2.37. The molecular weight excluding hydrogens is 234 g/mol. The quantitative estimate of drug-likeness (QED) is 0.791. The normalized spacial score (nSPS) is 14.1. The number of nitrogens with two attached hydrogens (primary N) is 1. The van der Waals surface area contributed by atoms with Gasteiger partial charge in [-0.05, 0) is 30.9 Å². The minimum absolute atomic E-state index is 0.246. The van der Waals surface area contributed by atoms with Gasteiger partial charge in [0.15, 0.2) is 0 Å². The molecule has 4 heteroatoms. The van der Waals surface area contributed by atoms with Crippen molar-refractivity contribution < 1.29 is 9.53 Å². The van der Waals surface area contributed by atoms with Gasteiger partial charge in [-0.3, -0.25) is 4.79 Å². The van der Waals surface area contributed by atoms with E-state index in [4.69, 9.17) is 10.5 Å². The molecular formula is C13H19NO2S. The number of esters is 1. The molecule has 0 aliphatic heterocycles. The van der Waals surface area contributed by atoms with E-state index in [0.717, 1.165) is 11.3 Å². The first-order chi connectivity index (χ1) is 8.15. The van der Waals surface area contributed by atoms with Crippen molar-refractivity contribution in [2.75, 3.05) is 12.0 Å². The first-order valence-electron chi connectivity index (χ1n) is 5.65. The molecule has 1 aromatic rings. The number of hydrogen-bond donors (Lipinski definition) is 1. The molecule has 0 saturated heterocycles. The van der Waals surface area contributed by atoms with Gasteiger partial charge in [-0.25, -0.2) is 0 Å². The molecule has 0 unspecified atom stereocenters. The molecule has 0 aliphatic rings. The van der Waals surface area contributed by atoms with Crippen LogP contribution in [0.5, 0.6) is 0 Å². The van der Waals surface area contributed by atoms with E-state index in [1.807, 2.05) is 43.5 Å². The van der Waals surface area contributed by atoms with E-state index in [2.05, 4.69) is 0 Å². The maximum absolute atomic E-state index is 11.7. The fraction of sp³-hybridized carbons (Fsp3) is 0.462. The highest BCUT2D eigenvalue weighted by Gasteiger charge is 2.18. The number of benzene rings is 1. The fourth-order valence-corrected chi connectivity index (χ4v) is 1.91. The summed E-state index contributed by atoms with van der Waals surface area (Å²) in [5, 5.41) is 0. The first kappa shape index (κ1) is 14.1. The van der Waals surface area contributed by atoms with Gasteiger partial charge in [0.05, 0.1) is 0 Å². The van der Waals surface area contributed by atoms with Gasteiger partial charge < -0.3 is 10.5 Å². The number of carbonyl (C=O) groups is 1. The SMILES string of the molecule is CSCC[C@H](N)C(=O)O[C@@H](C)c1ccccc1. The van der Waals surface area contributed by atoms with Gasteiger partial charge in [-0.2, -0.15) is 11.8 Å². The summed E-state index contributed by atoms with van der Waals surface area (Å²) in [5.41, 5.74) is 6.73. The van der Waals surface area contributed by atoms with E-state index in [1.165, 1.54) is 0 Å². The zero-order chi connectivity index (χ0) is 12.7. The maximum Gasteiger partial charge on any atom is 0.323 e. The van der Waals surface area contributed by atoms with Crippen molar-refractivity contribution in [2.24, 2.45) is 5.73 Å². The predicted molar refractivity (Wildman–Crippen MR) is 71.9 cm³/mol. The van der Waals surface area contributed by atoms with E-state index >= 15 is 0 Å². The number of rotatable bonds is 6. The van der Waals surface area contributed by atoms with Crippen molar-refractivity contribution in [3.63, 3.8) is 0 Å². The highest BCUT2D eigenvalue weighted by atomic mass is 32.2. The van der Waals surface area contributed by atoms with E-state index in [1.54, 1.807) is 11.8 Å². The summed E-state index contributed by atoms with van der Waals surface area (Å²) < 4.78 is 5.32. The van der Waals surface area contributed by atoms with Gasteiger partial charge in [0.1, 0.15) is 12.1 Å². The summed E-state index contributed by atoms with van der Waals surface area (Å²) in [6, 6.07) is 9.13. The minimum atomic E-state index is -0.520. The molecule has 0 amide bonds. The lowest BCUT2D eigenvalue weighted by Crippen LogP contribution is -2.33. The van der Waals surface area contributed by atoms with Crippen LogP contribution in [0, 0.1) is 0 Å². The summed E-state index contributed by atoms with van der Waals surface area (Å²) >= 11 is 1.67. The molecule has 0 aliphatic carbocycles. The standard InChI is InChI=1S/C13H19NO2S/c1-10(11-6-4-3-5-7-11)16-13(15)12(14)8-9-17-2/h3-7,10,12H,8-9,14H2,1-2H3/t10-,12-/m0/s1. The van der Waals surface area contributed by atoms with Gasteiger partial charge >= 0.3 is 5.97 Å². The Morgan fingerprint density at radius 2 is 2.06 bits per heavy atom. The molecule has 0 heterocycles. The molecule has 0 saturated carbocycles. The van der Waals surface area contributed by atoms with Crippen LogP contribution in [-0.2, 0) is 9.53 Å². The highest BCUT2D eigenvalue weighted by Crippen LogP contribution is 2.16. The first-order valence-corrected chi connectivity index (χ1v) is 7.04. The Kier molecular flexibility index (Phi) is 6.08. The molecule has 17 heavy (non-hydrogen) atoms. The molecule has 0 bridgehead atoms. The number of carbonyl (C=O) groups excluding carboxylic acids is 1. The van der Waals surface area contributed by atoms with Crippen molar-refractivity contribution >= 4 is 17.7 Å². The summed E-state index contributed by atoms with van der Waals surface area (Å²) in [7, 11) is 0. The van der Waals surface area contributed by atoms with Crippen molar-refractivity contribution in [3.8, 4) is 0 Å². The molecule has 3 nitrogen and oxygen atoms in total. The molecule has 0 spiro atoms. The topological polar surface area (TPSA) is 52.3 Å². The van der Waals surface area contributed by atoms with Crippen LogP contribution in [0.1, 0.15) is 25.0 Å². The number of ether oxygens (including phenoxy) is 1. The van der Waals surface area contributed by atoms with Crippen LogP contribution >= 0.6 is 11.8 Å². The van der Waals surface area contributed by atoms with Gasteiger partial charge in [0.2, 0.25) is 0 Å². The number of hydrogen-bond acceptors (Lipinski definition) is 4. The van der Waals surface area contributed by atoms with Crippen LogP contribution in [0.15, 0.2) is 30.3 Å².